The number of nitriles is 1. The first-order chi connectivity index (χ1) is 12.3. The number of ether oxygens (including phenoxy) is 1. The Hall–Kier alpha value is -2.97. The van der Waals surface area contributed by atoms with Gasteiger partial charge in [0.05, 0.1) is 24.3 Å². The van der Waals surface area contributed by atoms with Crippen molar-refractivity contribution in [1.29, 1.82) is 5.26 Å². The van der Waals surface area contributed by atoms with E-state index in [0.29, 0.717) is 12.1 Å². The molecule has 1 saturated heterocycles. The zero-order chi connectivity index (χ0) is 17.5. The molecule has 126 valence electrons. The molecule has 1 aliphatic rings. The molecule has 0 spiro atoms. The molecule has 0 aliphatic carbocycles. The monoisotopic (exact) mass is 333 g/mol. The Balaban J connectivity index is 1.78. The van der Waals surface area contributed by atoms with E-state index in [2.05, 4.69) is 11.1 Å². The van der Waals surface area contributed by atoms with Gasteiger partial charge in [0.15, 0.2) is 0 Å². The molecule has 1 amide bonds. The first-order valence-corrected chi connectivity index (χ1v) is 8.27. The summed E-state index contributed by atoms with van der Waals surface area (Å²) >= 11 is 0. The van der Waals surface area contributed by atoms with Gasteiger partial charge in [0.1, 0.15) is 0 Å². The van der Waals surface area contributed by atoms with Crippen LogP contribution in [0.1, 0.15) is 24.0 Å². The van der Waals surface area contributed by atoms with Crippen molar-refractivity contribution in [1.82, 2.24) is 4.98 Å². The molecule has 1 aliphatic heterocycles. The van der Waals surface area contributed by atoms with Crippen LogP contribution in [0.5, 0.6) is 0 Å². The van der Waals surface area contributed by atoms with Crippen molar-refractivity contribution < 1.29 is 9.53 Å². The number of anilines is 1. The number of nitrogens with zero attached hydrogens (tertiary/aromatic N) is 3. The Morgan fingerprint density at radius 2 is 2.20 bits per heavy atom. The molecule has 0 N–H and O–H groups in total. The van der Waals surface area contributed by atoms with Gasteiger partial charge in [-0.15, -0.1) is 0 Å². The van der Waals surface area contributed by atoms with E-state index in [1.165, 1.54) is 6.08 Å². The standard InChI is InChI=1S/C20H19N3O2/c21-14-17-4-1-3-16(13-17)6-7-20(24)23(15-19-5-2-12-25-19)18-8-10-22-11-9-18/h1,3-4,6-11,13,19H,2,5,12,15H2/b7-6+/t19-/m0/s1. The molecule has 1 atom stereocenters. The molecule has 0 saturated carbocycles. The van der Waals surface area contributed by atoms with Gasteiger partial charge >= 0.3 is 0 Å². The summed E-state index contributed by atoms with van der Waals surface area (Å²) in [5.41, 5.74) is 2.19. The maximum Gasteiger partial charge on any atom is 0.251 e. The molecule has 25 heavy (non-hydrogen) atoms. The Morgan fingerprint density at radius 1 is 1.36 bits per heavy atom. The topological polar surface area (TPSA) is 66.2 Å². The third-order valence-electron chi connectivity index (χ3n) is 4.08. The van der Waals surface area contributed by atoms with Crippen LogP contribution >= 0.6 is 0 Å². The summed E-state index contributed by atoms with van der Waals surface area (Å²) in [5, 5.41) is 8.97. The Bertz CT molecular complexity index is 790. The lowest BCUT2D eigenvalue weighted by Crippen LogP contribution is -2.36. The molecule has 2 aromatic rings. The van der Waals surface area contributed by atoms with E-state index in [1.54, 1.807) is 41.6 Å². The number of carbonyl (C=O) groups is 1. The SMILES string of the molecule is N#Cc1cccc(/C=C/C(=O)N(C[C@@H]2CCCO2)c2ccncc2)c1. The summed E-state index contributed by atoms with van der Waals surface area (Å²) in [6.07, 6.45) is 8.66. The van der Waals surface area contributed by atoms with E-state index in [9.17, 15) is 4.79 Å². The minimum Gasteiger partial charge on any atom is -0.376 e. The van der Waals surface area contributed by atoms with E-state index in [4.69, 9.17) is 10.00 Å². The number of pyridine rings is 1. The predicted octanol–water partition coefficient (Wildman–Crippen LogP) is 3.18. The molecule has 0 unspecified atom stereocenters. The second-order valence-corrected chi connectivity index (χ2v) is 5.86. The van der Waals surface area contributed by atoms with Gasteiger partial charge in [-0.1, -0.05) is 12.1 Å². The lowest BCUT2D eigenvalue weighted by molar-refractivity contribution is -0.114. The van der Waals surface area contributed by atoms with E-state index in [-0.39, 0.29) is 12.0 Å². The highest BCUT2D eigenvalue weighted by molar-refractivity contribution is 6.03. The molecular formula is C20H19N3O2. The van der Waals surface area contributed by atoms with Crippen molar-refractivity contribution in [3.8, 4) is 6.07 Å². The summed E-state index contributed by atoms with van der Waals surface area (Å²) in [6, 6.07) is 12.9. The van der Waals surface area contributed by atoms with Crippen LogP contribution in [0.25, 0.3) is 6.08 Å². The van der Waals surface area contributed by atoms with Crippen LogP contribution in [-0.4, -0.2) is 30.1 Å². The largest absolute Gasteiger partial charge is 0.376 e. The number of amides is 1. The molecule has 1 fully saturated rings. The van der Waals surface area contributed by atoms with Crippen LogP contribution < -0.4 is 4.90 Å². The molecule has 0 bridgehead atoms. The maximum atomic E-state index is 12.8. The molecular weight excluding hydrogens is 314 g/mol. The fourth-order valence-corrected chi connectivity index (χ4v) is 2.81. The van der Waals surface area contributed by atoms with Crippen LogP contribution in [0.15, 0.2) is 54.9 Å². The summed E-state index contributed by atoms with van der Waals surface area (Å²) < 4.78 is 5.68. The normalized spacial score (nSPS) is 16.7. The average molecular weight is 333 g/mol. The number of rotatable bonds is 5. The molecule has 5 heteroatoms. The van der Waals surface area contributed by atoms with Gasteiger partial charge < -0.3 is 9.64 Å². The molecule has 0 radical (unpaired) electrons. The minimum absolute atomic E-state index is 0.0624. The zero-order valence-corrected chi connectivity index (χ0v) is 13.8. The molecule has 3 rings (SSSR count). The van der Waals surface area contributed by atoms with E-state index >= 15 is 0 Å². The highest BCUT2D eigenvalue weighted by Crippen LogP contribution is 2.19. The average Bonchev–Trinajstić information content (AvgIpc) is 3.18. The van der Waals surface area contributed by atoms with Crippen LogP contribution in [0.2, 0.25) is 0 Å². The smallest absolute Gasteiger partial charge is 0.251 e. The second-order valence-electron chi connectivity index (χ2n) is 5.86. The van der Waals surface area contributed by atoms with Crippen molar-refractivity contribution in [2.45, 2.75) is 18.9 Å². The summed E-state index contributed by atoms with van der Waals surface area (Å²) in [7, 11) is 0. The number of benzene rings is 1. The van der Waals surface area contributed by atoms with Crippen LogP contribution in [0, 0.1) is 11.3 Å². The van der Waals surface area contributed by atoms with Gasteiger partial charge in [-0.25, -0.2) is 0 Å². The van der Waals surface area contributed by atoms with Gasteiger partial charge in [-0.05, 0) is 48.7 Å². The van der Waals surface area contributed by atoms with E-state index in [1.807, 2.05) is 18.2 Å². The minimum atomic E-state index is -0.121. The van der Waals surface area contributed by atoms with Crippen LogP contribution in [0.4, 0.5) is 5.69 Å². The fourth-order valence-electron chi connectivity index (χ4n) is 2.81. The van der Waals surface area contributed by atoms with E-state index in [0.717, 1.165) is 30.7 Å². The van der Waals surface area contributed by atoms with Crippen molar-refractivity contribution in [3.05, 3.63) is 66.0 Å². The van der Waals surface area contributed by atoms with Crippen LogP contribution in [0.3, 0.4) is 0 Å². The Labute approximate surface area is 147 Å². The molecule has 1 aromatic carbocycles. The fraction of sp³-hybridized carbons (Fsp3) is 0.250. The van der Waals surface area contributed by atoms with Gasteiger partial charge in [0.2, 0.25) is 0 Å². The highest BCUT2D eigenvalue weighted by Gasteiger charge is 2.22. The lowest BCUT2D eigenvalue weighted by Gasteiger charge is -2.24. The van der Waals surface area contributed by atoms with Crippen molar-refractivity contribution in [2.75, 3.05) is 18.1 Å². The Morgan fingerprint density at radius 3 is 2.92 bits per heavy atom. The van der Waals surface area contributed by atoms with Crippen molar-refractivity contribution in [2.24, 2.45) is 0 Å². The first kappa shape index (κ1) is 16.9. The summed E-state index contributed by atoms with van der Waals surface area (Å²) in [4.78, 5) is 18.5. The zero-order valence-electron chi connectivity index (χ0n) is 13.8. The third-order valence-corrected chi connectivity index (χ3v) is 4.08. The summed E-state index contributed by atoms with van der Waals surface area (Å²) in [5.74, 6) is -0.121. The number of carbonyl (C=O) groups excluding carboxylic acids is 1. The van der Waals surface area contributed by atoms with Crippen molar-refractivity contribution in [3.63, 3.8) is 0 Å². The van der Waals surface area contributed by atoms with E-state index < -0.39 is 0 Å². The molecule has 1 aromatic heterocycles. The van der Waals surface area contributed by atoms with Gasteiger partial charge in [0.25, 0.3) is 5.91 Å². The van der Waals surface area contributed by atoms with Gasteiger partial charge in [-0.3, -0.25) is 9.78 Å². The number of hydrogen-bond donors (Lipinski definition) is 0. The second kappa shape index (κ2) is 8.22. The molecule has 5 nitrogen and oxygen atoms in total. The quantitative estimate of drug-likeness (QED) is 0.788. The first-order valence-electron chi connectivity index (χ1n) is 8.27. The van der Waals surface area contributed by atoms with Gasteiger partial charge in [-0.2, -0.15) is 5.26 Å². The predicted molar refractivity (Wildman–Crippen MR) is 95.8 cm³/mol. The van der Waals surface area contributed by atoms with Gasteiger partial charge in [0, 0.05) is 30.8 Å². The number of hydrogen-bond acceptors (Lipinski definition) is 4. The highest BCUT2D eigenvalue weighted by atomic mass is 16.5. The number of aromatic nitrogens is 1. The Kier molecular flexibility index (Phi) is 5.55. The van der Waals surface area contributed by atoms with Crippen molar-refractivity contribution >= 4 is 17.7 Å². The summed E-state index contributed by atoms with van der Waals surface area (Å²) in [6.45, 7) is 1.27. The third kappa shape index (κ3) is 4.52. The lowest BCUT2D eigenvalue weighted by atomic mass is 10.1. The molecule has 2 heterocycles. The maximum absolute atomic E-state index is 12.8. The van der Waals surface area contributed by atoms with Crippen LogP contribution in [-0.2, 0) is 9.53 Å².